The minimum absolute atomic E-state index is 0.868. The van der Waals surface area contributed by atoms with E-state index in [1.807, 2.05) is 24.3 Å². The van der Waals surface area contributed by atoms with Gasteiger partial charge in [0.2, 0.25) is 0 Å². The van der Waals surface area contributed by atoms with Gasteiger partial charge in [0.25, 0.3) is 0 Å². The van der Waals surface area contributed by atoms with Gasteiger partial charge in [-0.05, 0) is 35.4 Å². The molecule has 0 unspecified atom stereocenters. The van der Waals surface area contributed by atoms with Crippen LogP contribution in [0, 0.1) is 0 Å². The summed E-state index contributed by atoms with van der Waals surface area (Å²) < 4.78 is 10.3. The molecule has 0 atom stereocenters. The number of methoxy groups -OCH3 is 2. The summed E-state index contributed by atoms with van der Waals surface area (Å²) in [5, 5.41) is 23.9. The van der Waals surface area contributed by atoms with Crippen LogP contribution >= 0.6 is 0 Å². The van der Waals surface area contributed by atoms with Crippen molar-refractivity contribution in [3.63, 3.8) is 0 Å². The number of oxime groups is 2. The first-order valence-corrected chi connectivity index (χ1v) is 11.7. The van der Waals surface area contributed by atoms with Crippen molar-refractivity contribution in [1.82, 2.24) is 9.80 Å². The summed E-state index contributed by atoms with van der Waals surface area (Å²) in [7, 11) is 3.35. The molecule has 2 N–H and O–H groups in total. The predicted molar refractivity (Wildman–Crippen MR) is 133 cm³/mol. The molecule has 2 saturated heterocycles. The monoisotopic (exact) mass is 468 g/mol. The Bertz CT molecular complexity index is 831. The van der Waals surface area contributed by atoms with Gasteiger partial charge in [-0.3, -0.25) is 9.80 Å². The fourth-order valence-electron chi connectivity index (χ4n) is 4.12. The van der Waals surface area contributed by atoms with Crippen molar-refractivity contribution in [1.29, 1.82) is 0 Å². The van der Waals surface area contributed by atoms with Crippen LogP contribution in [0.5, 0.6) is 11.5 Å². The number of ether oxygens (including phenoxy) is 2. The van der Waals surface area contributed by atoms with Crippen molar-refractivity contribution in [2.75, 3.05) is 40.4 Å². The summed E-state index contributed by atoms with van der Waals surface area (Å²) in [6.45, 7) is 5.75. The topological polar surface area (TPSA) is 90.1 Å². The number of hydrogen-bond acceptors (Lipinski definition) is 8. The van der Waals surface area contributed by atoms with Gasteiger partial charge in [0.15, 0.2) is 0 Å². The van der Waals surface area contributed by atoms with Crippen molar-refractivity contribution in [2.24, 2.45) is 10.3 Å². The number of benzene rings is 2. The molecule has 2 aliphatic heterocycles. The Kier molecular flexibility index (Phi) is 10.2. The van der Waals surface area contributed by atoms with Crippen LogP contribution in [0.15, 0.2) is 58.8 Å². The molecule has 34 heavy (non-hydrogen) atoms. The second kappa shape index (κ2) is 13.6. The van der Waals surface area contributed by atoms with Crippen LogP contribution in [0.25, 0.3) is 0 Å². The molecule has 4 rings (SSSR count). The van der Waals surface area contributed by atoms with Crippen LogP contribution in [-0.4, -0.2) is 72.0 Å². The van der Waals surface area contributed by atoms with E-state index in [4.69, 9.17) is 19.9 Å². The van der Waals surface area contributed by atoms with E-state index in [-0.39, 0.29) is 0 Å². The van der Waals surface area contributed by atoms with Crippen LogP contribution in [0.2, 0.25) is 0 Å². The number of likely N-dealkylation sites (tertiary alicyclic amines) is 2. The summed E-state index contributed by atoms with van der Waals surface area (Å²) >= 11 is 0. The summed E-state index contributed by atoms with van der Waals surface area (Å²) in [6.07, 6.45) is 3.47. The Balaban J connectivity index is 0.000000191. The van der Waals surface area contributed by atoms with Crippen molar-refractivity contribution in [2.45, 2.75) is 38.8 Å². The molecule has 0 bridgehead atoms. The first kappa shape index (κ1) is 25.5. The summed E-state index contributed by atoms with van der Waals surface area (Å²) in [5.74, 6) is 1.78. The van der Waals surface area contributed by atoms with Gasteiger partial charge in [-0.25, -0.2) is 0 Å². The first-order chi connectivity index (χ1) is 16.6. The lowest BCUT2D eigenvalue weighted by molar-refractivity contribution is 0.256. The third-order valence-corrected chi connectivity index (χ3v) is 6.28. The Hall–Kier alpha value is -3.10. The Labute approximate surface area is 202 Å². The minimum Gasteiger partial charge on any atom is -0.497 e. The highest BCUT2D eigenvalue weighted by molar-refractivity contribution is 5.85. The van der Waals surface area contributed by atoms with E-state index in [9.17, 15) is 0 Å². The summed E-state index contributed by atoms with van der Waals surface area (Å²) in [5.41, 5.74) is 4.40. The van der Waals surface area contributed by atoms with Crippen molar-refractivity contribution >= 4 is 11.4 Å². The zero-order chi connectivity index (χ0) is 24.2. The van der Waals surface area contributed by atoms with E-state index in [0.29, 0.717) is 0 Å². The van der Waals surface area contributed by atoms with Gasteiger partial charge in [-0.2, -0.15) is 0 Å². The van der Waals surface area contributed by atoms with Gasteiger partial charge in [0, 0.05) is 65.0 Å². The molecule has 2 aromatic rings. The second-order valence-corrected chi connectivity index (χ2v) is 8.58. The van der Waals surface area contributed by atoms with E-state index >= 15 is 0 Å². The Morgan fingerprint density at radius 3 is 1.21 bits per heavy atom. The van der Waals surface area contributed by atoms with Crippen molar-refractivity contribution in [3.05, 3.63) is 59.7 Å². The average Bonchev–Trinajstić information content (AvgIpc) is 2.91. The van der Waals surface area contributed by atoms with E-state index in [1.54, 1.807) is 14.2 Å². The fraction of sp³-hybridized carbons (Fsp3) is 0.462. The third-order valence-electron chi connectivity index (χ3n) is 6.28. The van der Waals surface area contributed by atoms with Crippen molar-refractivity contribution in [3.8, 4) is 11.5 Å². The zero-order valence-corrected chi connectivity index (χ0v) is 20.2. The Morgan fingerprint density at radius 2 is 0.941 bits per heavy atom. The molecule has 8 nitrogen and oxygen atoms in total. The molecule has 0 aromatic heterocycles. The molecule has 184 valence electrons. The maximum absolute atomic E-state index is 8.68. The second-order valence-electron chi connectivity index (χ2n) is 8.58. The van der Waals surface area contributed by atoms with Crippen LogP contribution in [-0.2, 0) is 13.1 Å². The van der Waals surface area contributed by atoms with E-state index in [0.717, 1.165) is 87.9 Å². The molecule has 2 aliphatic rings. The van der Waals surface area contributed by atoms with E-state index < -0.39 is 0 Å². The van der Waals surface area contributed by atoms with Gasteiger partial charge < -0.3 is 19.9 Å². The van der Waals surface area contributed by atoms with Crippen LogP contribution in [0.3, 0.4) is 0 Å². The van der Waals surface area contributed by atoms with Gasteiger partial charge in [-0.1, -0.05) is 34.6 Å². The fourth-order valence-corrected chi connectivity index (χ4v) is 4.12. The largest absolute Gasteiger partial charge is 0.497 e. The Morgan fingerprint density at radius 1 is 0.618 bits per heavy atom. The highest BCUT2D eigenvalue weighted by atomic mass is 16.5. The molecule has 0 amide bonds. The quantitative estimate of drug-likeness (QED) is 0.487. The number of rotatable bonds is 6. The van der Waals surface area contributed by atoms with E-state index in [2.05, 4.69) is 44.4 Å². The SMILES string of the molecule is COc1ccc(CN2CCC(=NO)CC2)cc1.COc1ccc(CN2CCC(=NO)CC2)cc1. The molecular weight excluding hydrogens is 432 g/mol. The van der Waals surface area contributed by atoms with Crippen LogP contribution in [0.4, 0.5) is 0 Å². The maximum Gasteiger partial charge on any atom is 0.118 e. The molecule has 8 heteroatoms. The normalized spacial score (nSPS) is 16.9. The molecule has 2 heterocycles. The minimum atomic E-state index is 0.868. The summed E-state index contributed by atoms with van der Waals surface area (Å²) in [6, 6.07) is 16.3. The molecule has 2 fully saturated rings. The molecule has 0 aliphatic carbocycles. The lowest BCUT2D eigenvalue weighted by Crippen LogP contribution is -2.33. The maximum atomic E-state index is 8.68. The molecule has 0 radical (unpaired) electrons. The van der Waals surface area contributed by atoms with Gasteiger partial charge in [0.1, 0.15) is 11.5 Å². The molecule has 2 aromatic carbocycles. The molecular formula is C26H36N4O4. The third kappa shape index (κ3) is 8.04. The van der Waals surface area contributed by atoms with Crippen molar-refractivity contribution < 1.29 is 19.9 Å². The van der Waals surface area contributed by atoms with Gasteiger partial charge in [0.05, 0.1) is 25.6 Å². The van der Waals surface area contributed by atoms with Crippen LogP contribution in [0.1, 0.15) is 36.8 Å². The summed E-state index contributed by atoms with van der Waals surface area (Å²) in [4.78, 5) is 4.74. The highest BCUT2D eigenvalue weighted by Crippen LogP contribution is 2.16. The standard InChI is InChI=1S/2C13H18N2O2/c2*1-17-13-4-2-11(3-5-13)10-15-8-6-12(14-16)7-9-15/h2*2-5,16H,6-10H2,1H3. The van der Waals surface area contributed by atoms with Gasteiger partial charge >= 0.3 is 0 Å². The number of nitrogens with zero attached hydrogens (tertiary/aromatic N) is 4. The molecule has 0 saturated carbocycles. The first-order valence-electron chi connectivity index (χ1n) is 11.7. The molecule has 0 spiro atoms. The van der Waals surface area contributed by atoms with Crippen LogP contribution < -0.4 is 9.47 Å². The highest BCUT2D eigenvalue weighted by Gasteiger charge is 2.16. The zero-order valence-electron chi connectivity index (χ0n) is 20.2. The lowest BCUT2D eigenvalue weighted by atomic mass is 10.1. The lowest BCUT2D eigenvalue weighted by Gasteiger charge is -2.26. The number of piperidine rings is 2. The number of hydrogen-bond donors (Lipinski definition) is 2. The van der Waals surface area contributed by atoms with Gasteiger partial charge in [-0.15, -0.1) is 0 Å². The smallest absolute Gasteiger partial charge is 0.118 e. The average molecular weight is 469 g/mol. The van der Waals surface area contributed by atoms with E-state index in [1.165, 1.54) is 11.1 Å². The predicted octanol–water partition coefficient (Wildman–Crippen LogP) is 4.24.